The van der Waals surface area contributed by atoms with Crippen LogP contribution in [0.2, 0.25) is 0 Å². The van der Waals surface area contributed by atoms with Crippen molar-refractivity contribution in [3.05, 3.63) is 27.7 Å². The molecule has 0 atom stereocenters. The van der Waals surface area contributed by atoms with Crippen molar-refractivity contribution in [1.82, 2.24) is 0 Å². The molecule has 1 rings (SSSR count). The van der Waals surface area contributed by atoms with Crippen molar-refractivity contribution in [1.29, 1.82) is 0 Å². The molecule has 0 aliphatic rings. The standard InChI is InChI=1S/C11H16BrN/c1-7(2)6-9-4-5-10(13)11(12)8(9)3/h4-5,7H,6,13H2,1-3H3. The topological polar surface area (TPSA) is 26.0 Å². The Bertz CT molecular complexity index is 305. The molecule has 0 saturated heterocycles. The minimum Gasteiger partial charge on any atom is -0.398 e. The van der Waals surface area contributed by atoms with E-state index in [-0.39, 0.29) is 0 Å². The summed E-state index contributed by atoms with van der Waals surface area (Å²) in [6.45, 7) is 6.56. The zero-order valence-corrected chi connectivity index (χ0v) is 9.98. The van der Waals surface area contributed by atoms with E-state index in [1.807, 2.05) is 6.07 Å². The molecule has 1 aromatic rings. The zero-order valence-electron chi connectivity index (χ0n) is 8.39. The van der Waals surface area contributed by atoms with E-state index >= 15 is 0 Å². The summed E-state index contributed by atoms with van der Waals surface area (Å²) in [5.41, 5.74) is 9.25. The van der Waals surface area contributed by atoms with Gasteiger partial charge in [-0.05, 0) is 52.4 Å². The highest BCUT2D eigenvalue weighted by atomic mass is 79.9. The Morgan fingerprint density at radius 1 is 1.38 bits per heavy atom. The molecule has 0 heterocycles. The summed E-state index contributed by atoms with van der Waals surface area (Å²) in [6.07, 6.45) is 1.12. The average Bonchev–Trinajstić information content (AvgIpc) is 2.06. The molecule has 0 aliphatic carbocycles. The highest BCUT2D eigenvalue weighted by Gasteiger charge is 2.06. The number of halogens is 1. The predicted octanol–water partition coefficient (Wildman–Crippen LogP) is 3.54. The third-order valence-corrected chi connectivity index (χ3v) is 3.21. The van der Waals surface area contributed by atoms with Crippen LogP contribution in [0.5, 0.6) is 0 Å². The predicted molar refractivity (Wildman–Crippen MR) is 61.8 cm³/mol. The molecular formula is C11H16BrN. The summed E-state index contributed by atoms with van der Waals surface area (Å²) >= 11 is 3.49. The van der Waals surface area contributed by atoms with Gasteiger partial charge in [0.05, 0.1) is 0 Å². The fourth-order valence-electron chi connectivity index (χ4n) is 1.41. The van der Waals surface area contributed by atoms with Crippen LogP contribution in [0, 0.1) is 12.8 Å². The van der Waals surface area contributed by atoms with Crippen LogP contribution in [-0.4, -0.2) is 0 Å². The minimum absolute atomic E-state index is 0.689. The van der Waals surface area contributed by atoms with Crippen molar-refractivity contribution >= 4 is 21.6 Å². The Balaban J connectivity index is 3.04. The second kappa shape index (κ2) is 4.14. The maximum Gasteiger partial charge on any atom is 0.0461 e. The maximum atomic E-state index is 5.77. The molecule has 0 spiro atoms. The third kappa shape index (κ3) is 2.47. The number of nitrogens with two attached hydrogens (primary N) is 1. The summed E-state index contributed by atoms with van der Waals surface area (Å²) in [4.78, 5) is 0. The first-order valence-corrected chi connectivity index (χ1v) is 5.35. The molecule has 0 aliphatic heterocycles. The molecule has 0 bridgehead atoms. The fraction of sp³-hybridized carbons (Fsp3) is 0.455. The first kappa shape index (κ1) is 10.6. The highest BCUT2D eigenvalue weighted by Crippen LogP contribution is 2.27. The normalized spacial score (nSPS) is 10.8. The second-order valence-corrected chi connectivity index (χ2v) is 4.64. The van der Waals surface area contributed by atoms with E-state index in [2.05, 4.69) is 42.8 Å². The van der Waals surface area contributed by atoms with Crippen LogP contribution in [0.25, 0.3) is 0 Å². The largest absolute Gasteiger partial charge is 0.398 e. The van der Waals surface area contributed by atoms with Gasteiger partial charge in [0, 0.05) is 10.2 Å². The summed E-state index contributed by atoms with van der Waals surface area (Å²) in [6, 6.07) is 4.09. The third-order valence-electron chi connectivity index (χ3n) is 2.16. The van der Waals surface area contributed by atoms with Gasteiger partial charge in [0.2, 0.25) is 0 Å². The maximum absolute atomic E-state index is 5.77. The molecule has 2 heteroatoms. The van der Waals surface area contributed by atoms with E-state index in [1.165, 1.54) is 11.1 Å². The SMILES string of the molecule is Cc1c(CC(C)C)ccc(N)c1Br. The lowest BCUT2D eigenvalue weighted by atomic mass is 9.98. The molecule has 72 valence electrons. The quantitative estimate of drug-likeness (QED) is 0.788. The summed E-state index contributed by atoms with van der Waals surface area (Å²) in [5.74, 6) is 0.689. The van der Waals surface area contributed by atoms with Crippen LogP contribution < -0.4 is 5.73 Å². The fourth-order valence-corrected chi connectivity index (χ4v) is 1.79. The molecule has 1 nitrogen and oxygen atoms in total. The van der Waals surface area contributed by atoms with Crippen LogP contribution in [0.1, 0.15) is 25.0 Å². The van der Waals surface area contributed by atoms with Crippen LogP contribution in [0.3, 0.4) is 0 Å². The van der Waals surface area contributed by atoms with Gasteiger partial charge in [0.25, 0.3) is 0 Å². The Morgan fingerprint density at radius 3 is 2.54 bits per heavy atom. The van der Waals surface area contributed by atoms with Gasteiger partial charge < -0.3 is 5.73 Å². The minimum atomic E-state index is 0.689. The molecule has 1 aromatic carbocycles. The number of hydrogen-bond donors (Lipinski definition) is 1. The van der Waals surface area contributed by atoms with E-state index in [0.29, 0.717) is 5.92 Å². The highest BCUT2D eigenvalue weighted by molar-refractivity contribution is 9.10. The lowest BCUT2D eigenvalue weighted by molar-refractivity contribution is 0.645. The van der Waals surface area contributed by atoms with Crippen molar-refractivity contribution in [2.75, 3.05) is 5.73 Å². The summed E-state index contributed by atoms with van der Waals surface area (Å²) in [5, 5.41) is 0. The molecule has 0 radical (unpaired) electrons. The van der Waals surface area contributed by atoms with Crippen molar-refractivity contribution in [2.24, 2.45) is 5.92 Å². The molecule has 13 heavy (non-hydrogen) atoms. The second-order valence-electron chi connectivity index (χ2n) is 3.85. The van der Waals surface area contributed by atoms with Gasteiger partial charge in [-0.15, -0.1) is 0 Å². The Morgan fingerprint density at radius 2 is 2.00 bits per heavy atom. The molecule has 0 aromatic heterocycles. The smallest absolute Gasteiger partial charge is 0.0461 e. The van der Waals surface area contributed by atoms with E-state index in [9.17, 15) is 0 Å². The van der Waals surface area contributed by atoms with Gasteiger partial charge >= 0.3 is 0 Å². The van der Waals surface area contributed by atoms with Gasteiger partial charge in [-0.3, -0.25) is 0 Å². The number of anilines is 1. The van der Waals surface area contributed by atoms with Crippen molar-refractivity contribution in [2.45, 2.75) is 27.2 Å². The van der Waals surface area contributed by atoms with Crippen LogP contribution in [0.4, 0.5) is 5.69 Å². The van der Waals surface area contributed by atoms with Crippen LogP contribution in [-0.2, 0) is 6.42 Å². The number of hydrogen-bond acceptors (Lipinski definition) is 1. The van der Waals surface area contributed by atoms with Crippen molar-refractivity contribution < 1.29 is 0 Å². The van der Waals surface area contributed by atoms with Gasteiger partial charge in [0.1, 0.15) is 0 Å². The van der Waals surface area contributed by atoms with Gasteiger partial charge in [-0.1, -0.05) is 19.9 Å². The van der Waals surface area contributed by atoms with Gasteiger partial charge in [-0.25, -0.2) is 0 Å². The average molecular weight is 242 g/mol. The van der Waals surface area contributed by atoms with E-state index in [1.54, 1.807) is 0 Å². The van der Waals surface area contributed by atoms with Crippen LogP contribution >= 0.6 is 15.9 Å². The van der Waals surface area contributed by atoms with E-state index in [0.717, 1.165) is 16.6 Å². The Labute approximate surface area is 88.5 Å². The van der Waals surface area contributed by atoms with Crippen LogP contribution in [0.15, 0.2) is 16.6 Å². The molecule has 2 N–H and O–H groups in total. The van der Waals surface area contributed by atoms with Crippen molar-refractivity contribution in [3.8, 4) is 0 Å². The Kier molecular flexibility index (Phi) is 3.37. The number of rotatable bonds is 2. The lowest BCUT2D eigenvalue weighted by Gasteiger charge is -2.11. The molecular weight excluding hydrogens is 226 g/mol. The van der Waals surface area contributed by atoms with Gasteiger partial charge in [0.15, 0.2) is 0 Å². The van der Waals surface area contributed by atoms with Crippen molar-refractivity contribution in [3.63, 3.8) is 0 Å². The monoisotopic (exact) mass is 241 g/mol. The van der Waals surface area contributed by atoms with E-state index in [4.69, 9.17) is 5.73 Å². The lowest BCUT2D eigenvalue weighted by Crippen LogP contribution is -1.99. The molecule has 0 saturated carbocycles. The Hall–Kier alpha value is -0.500. The summed E-state index contributed by atoms with van der Waals surface area (Å²) in [7, 11) is 0. The molecule has 0 amide bonds. The molecule has 0 fully saturated rings. The van der Waals surface area contributed by atoms with Gasteiger partial charge in [-0.2, -0.15) is 0 Å². The van der Waals surface area contributed by atoms with E-state index < -0.39 is 0 Å². The first-order chi connectivity index (χ1) is 6.02. The first-order valence-electron chi connectivity index (χ1n) is 4.55. The molecule has 0 unspecified atom stereocenters. The number of benzene rings is 1. The zero-order chi connectivity index (χ0) is 10.0. The number of nitrogen functional groups attached to an aromatic ring is 1. The summed E-state index contributed by atoms with van der Waals surface area (Å²) < 4.78 is 1.05.